The number of carbonyl (C=O) groups excluding carboxylic acids is 1. The van der Waals surface area contributed by atoms with Gasteiger partial charge in [-0.25, -0.2) is 8.78 Å². The minimum absolute atomic E-state index is 0.0914. The molecule has 3 atom stereocenters. The standard InChI is InChI=1S/C15H20F2N2O/c1-10-4-3-7-19(9-10)11(2)15(20)18-14-8-12(16)5-6-13(14)17/h5-6,8,10-11H,3-4,7,9H2,1-2H3,(H,18,20)/p+1/t10-,11+/m1/s1. The van der Waals surface area contributed by atoms with Crippen molar-refractivity contribution < 1.29 is 18.5 Å². The Labute approximate surface area is 118 Å². The molecule has 1 heterocycles. The molecule has 0 radical (unpaired) electrons. The van der Waals surface area contributed by atoms with E-state index in [4.69, 9.17) is 0 Å². The van der Waals surface area contributed by atoms with Crippen LogP contribution in [0.1, 0.15) is 26.7 Å². The molecular weight excluding hydrogens is 262 g/mol. The van der Waals surface area contributed by atoms with E-state index in [1.807, 2.05) is 6.92 Å². The Kier molecular flexibility index (Phi) is 4.70. The lowest BCUT2D eigenvalue weighted by Crippen LogP contribution is -3.17. The number of halogens is 2. The highest BCUT2D eigenvalue weighted by molar-refractivity contribution is 5.93. The zero-order chi connectivity index (χ0) is 14.7. The van der Waals surface area contributed by atoms with Crippen molar-refractivity contribution in [3.8, 4) is 0 Å². The molecule has 1 aromatic rings. The zero-order valence-corrected chi connectivity index (χ0v) is 11.9. The van der Waals surface area contributed by atoms with Gasteiger partial charge in [-0.2, -0.15) is 0 Å². The Hall–Kier alpha value is -1.49. The number of piperidine rings is 1. The lowest BCUT2D eigenvalue weighted by atomic mass is 9.99. The molecule has 2 rings (SSSR count). The van der Waals surface area contributed by atoms with Crippen LogP contribution < -0.4 is 10.2 Å². The lowest BCUT2D eigenvalue weighted by Gasteiger charge is -2.31. The molecule has 5 heteroatoms. The number of amides is 1. The van der Waals surface area contributed by atoms with Crippen LogP contribution in [0.3, 0.4) is 0 Å². The molecule has 1 unspecified atom stereocenters. The number of carbonyl (C=O) groups is 1. The van der Waals surface area contributed by atoms with Crippen LogP contribution in [0.25, 0.3) is 0 Å². The van der Waals surface area contributed by atoms with Gasteiger partial charge in [0, 0.05) is 12.0 Å². The quantitative estimate of drug-likeness (QED) is 0.868. The van der Waals surface area contributed by atoms with Gasteiger partial charge in [0.1, 0.15) is 11.6 Å². The second-order valence-corrected chi connectivity index (χ2v) is 5.69. The van der Waals surface area contributed by atoms with Gasteiger partial charge in [0.05, 0.1) is 18.8 Å². The number of hydrogen-bond acceptors (Lipinski definition) is 1. The smallest absolute Gasteiger partial charge is 0.282 e. The van der Waals surface area contributed by atoms with Crippen molar-refractivity contribution in [2.75, 3.05) is 18.4 Å². The monoisotopic (exact) mass is 283 g/mol. The molecule has 1 saturated heterocycles. The summed E-state index contributed by atoms with van der Waals surface area (Å²) in [6.45, 7) is 5.90. The van der Waals surface area contributed by atoms with Crippen molar-refractivity contribution in [1.82, 2.24) is 0 Å². The molecule has 2 N–H and O–H groups in total. The molecule has 20 heavy (non-hydrogen) atoms. The van der Waals surface area contributed by atoms with Crippen molar-refractivity contribution in [2.45, 2.75) is 32.7 Å². The van der Waals surface area contributed by atoms with Crippen LogP contribution in [0.15, 0.2) is 18.2 Å². The molecule has 1 aliphatic rings. The number of likely N-dealkylation sites (tertiary alicyclic amines) is 1. The van der Waals surface area contributed by atoms with Gasteiger partial charge in [0.15, 0.2) is 6.04 Å². The fourth-order valence-electron chi connectivity index (χ4n) is 2.74. The van der Waals surface area contributed by atoms with E-state index in [9.17, 15) is 13.6 Å². The van der Waals surface area contributed by atoms with Crippen LogP contribution in [-0.2, 0) is 4.79 Å². The number of quaternary nitrogens is 1. The molecule has 0 saturated carbocycles. The first-order valence-corrected chi connectivity index (χ1v) is 7.08. The maximum absolute atomic E-state index is 13.5. The van der Waals surface area contributed by atoms with E-state index in [1.54, 1.807) is 0 Å². The minimum atomic E-state index is -0.617. The topological polar surface area (TPSA) is 33.5 Å². The molecule has 0 aliphatic carbocycles. The van der Waals surface area contributed by atoms with Gasteiger partial charge in [0.2, 0.25) is 0 Å². The average Bonchev–Trinajstić information content (AvgIpc) is 2.42. The molecule has 110 valence electrons. The molecule has 0 aromatic heterocycles. The van der Waals surface area contributed by atoms with Crippen LogP contribution in [-0.4, -0.2) is 25.0 Å². The Morgan fingerprint density at radius 1 is 1.45 bits per heavy atom. The maximum Gasteiger partial charge on any atom is 0.282 e. The SMILES string of the molecule is C[C@@H]1CCC[NH+]([C@@H](C)C(=O)Nc2cc(F)ccc2F)C1. The first-order valence-electron chi connectivity index (χ1n) is 7.08. The van der Waals surface area contributed by atoms with Gasteiger partial charge in [-0.05, 0) is 31.9 Å². The lowest BCUT2D eigenvalue weighted by molar-refractivity contribution is -0.922. The van der Waals surface area contributed by atoms with Crippen molar-refractivity contribution in [2.24, 2.45) is 5.92 Å². The fourth-order valence-corrected chi connectivity index (χ4v) is 2.74. The van der Waals surface area contributed by atoms with Crippen molar-refractivity contribution in [3.63, 3.8) is 0 Å². The average molecular weight is 283 g/mol. The molecule has 1 aromatic carbocycles. The van der Waals surface area contributed by atoms with E-state index < -0.39 is 11.6 Å². The van der Waals surface area contributed by atoms with Gasteiger partial charge < -0.3 is 10.2 Å². The van der Waals surface area contributed by atoms with Gasteiger partial charge in [-0.3, -0.25) is 4.79 Å². The van der Waals surface area contributed by atoms with Gasteiger partial charge in [-0.1, -0.05) is 6.92 Å². The van der Waals surface area contributed by atoms with Gasteiger partial charge in [-0.15, -0.1) is 0 Å². The van der Waals surface area contributed by atoms with Gasteiger partial charge in [0.25, 0.3) is 5.91 Å². The summed E-state index contributed by atoms with van der Waals surface area (Å²) in [6.07, 6.45) is 2.29. The fraction of sp³-hybridized carbons (Fsp3) is 0.533. The molecule has 1 fully saturated rings. The van der Waals surface area contributed by atoms with E-state index in [-0.39, 0.29) is 17.6 Å². The number of hydrogen-bond donors (Lipinski definition) is 2. The minimum Gasteiger partial charge on any atom is -0.325 e. The summed E-state index contributed by atoms with van der Waals surface area (Å²) in [5, 5.41) is 2.49. The van der Waals surface area contributed by atoms with Crippen LogP contribution in [0.5, 0.6) is 0 Å². The summed E-state index contributed by atoms with van der Waals surface area (Å²) in [5.74, 6) is -0.847. The second-order valence-electron chi connectivity index (χ2n) is 5.69. The Balaban J connectivity index is 2.02. The predicted molar refractivity (Wildman–Crippen MR) is 73.5 cm³/mol. The number of benzene rings is 1. The zero-order valence-electron chi connectivity index (χ0n) is 11.9. The Morgan fingerprint density at radius 3 is 2.90 bits per heavy atom. The van der Waals surface area contributed by atoms with Crippen LogP contribution in [0, 0.1) is 17.6 Å². The molecule has 1 aliphatic heterocycles. The maximum atomic E-state index is 13.5. The van der Waals surface area contributed by atoms with E-state index in [2.05, 4.69) is 12.2 Å². The van der Waals surface area contributed by atoms with Crippen molar-refractivity contribution >= 4 is 11.6 Å². The van der Waals surface area contributed by atoms with E-state index in [0.717, 1.165) is 37.7 Å². The molecule has 0 bridgehead atoms. The molecular formula is C15H21F2N2O+. The number of nitrogens with one attached hydrogen (secondary N) is 2. The summed E-state index contributed by atoms with van der Waals surface area (Å²) < 4.78 is 26.6. The highest BCUT2D eigenvalue weighted by Gasteiger charge is 2.29. The van der Waals surface area contributed by atoms with Crippen molar-refractivity contribution in [1.29, 1.82) is 0 Å². The molecule has 1 amide bonds. The highest BCUT2D eigenvalue weighted by Crippen LogP contribution is 2.15. The van der Waals surface area contributed by atoms with E-state index in [1.165, 1.54) is 11.3 Å². The normalized spacial score (nSPS) is 24.2. The first kappa shape index (κ1) is 14.9. The summed E-state index contributed by atoms with van der Waals surface area (Å²) >= 11 is 0. The van der Waals surface area contributed by atoms with Crippen molar-refractivity contribution in [3.05, 3.63) is 29.8 Å². The third kappa shape index (κ3) is 3.54. The van der Waals surface area contributed by atoms with E-state index >= 15 is 0 Å². The predicted octanol–water partition coefficient (Wildman–Crippen LogP) is 1.61. The highest BCUT2D eigenvalue weighted by atomic mass is 19.1. The molecule has 3 nitrogen and oxygen atoms in total. The van der Waals surface area contributed by atoms with E-state index in [0.29, 0.717) is 5.92 Å². The summed E-state index contributed by atoms with van der Waals surface area (Å²) in [5.41, 5.74) is -0.0914. The number of rotatable bonds is 3. The first-order chi connectivity index (χ1) is 9.47. The molecule has 0 spiro atoms. The number of anilines is 1. The van der Waals surface area contributed by atoms with Gasteiger partial charge >= 0.3 is 0 Å². The second kappa shape index (κ2) is 6.31. The van der Waals surface area contributed by atoms with Crippen LogP contribution in [0.4, 0.5) is 14.5 Å². The largest absolute Gasteiger partial charge is 0.325 e. The van der Waals surface area contributed by atoms with Crippen LogP contribution in [0.2, 0.25) is 0 Å². The summed E-state index contributed by atoms with van der Waals surface area (Å²) in [6, 6.07) is 2.80. The van der Waals surface area contributed by atoms with Crippen LogP contribution >= 0.6 is 0 Å². The third-order valence-electron chi connectivity index (χ3n) is 4.00. The third-order valence-corrected chi connectivity index (χ3v) is 4.00. The summed E-state index contributed by atoms with van der Waals surface area (Å²) in [4.78, 5) is 13.4. The Morgan fingerprint density at radius 2 is 2.20 bits per heavy atom. The Bertz CT molecular complexity index is 493. The summed E-state index contributed by atoms with van der Waals surface area (Å²) in [7, 11) is 0.